The lowest BCUT2D eigenvalue weighted by atomic mass is 10.2. The highest BCUT2D eigenvalue weighted by atomic mass is 16.3. The van der Waals surface area contributed by atoms with Crippen molar-refractivity contribution in [1.29, 1.82) is 0 Å². The van der Waals surface area contributed by atoms with Gasteiger partial charge in [-0.1, -0.05) is 11.6 Å². The van der Waals surface area contributed by atoms with Crippen LogP contribution in [0.3, 0.4) is 0 Å². The molecule has 0 atom stereocenters. The van der Waals surface area contributed by atoms with Crippen LogP contribution in [-0.2, 0) is 0 Å². The molecule has 1 N–H and O–H groups in total. The Labute approximate surface area is 158 Å². The molecule has 27 heavy (non-hydrogen) atoms. The summed E-state index contributed by atoms with van der Waals surface area (Å²) in [6.07, 6.45) is 3.53. The van der Waals surface area contributed by atoms with Crippen molar-refractivity contribution in [2.24, 2.45) is 0 Å². The Morgan fingerprint density at radius 3 is 2.70 bits per heavy atom. The van der Waals surface area contributed by atoms with Crippen LogP contribution >= 0.6 is 0 Å². The summed E-state index contributed by atoms with van der Waals surface area (Å²) in [5, 5.41) is 3.91. The Kier molecular flexibility index (Phi) is 5.02. The predicted molar refractivity (Wildman–Crippen MR) is 104 cm³/mol. The number of hydrogen-bond donors (Lipinski definition) is 1. The number of piperazine rings is 1. The van der Waals surface area contributed by atoms with Gasteiger partial charge in [0.15, 0.2) is 5.76 Å². The topological polar surface area (TPSA) is 74.5 Å². The summed E-state index contributed by atoms with van der Waals surface area (Å²) in [6.45, 7) is 7.07. The van der Waals surface area contributed by atoms with Crippen molar-refractivity contribution in [2.45, 2.75) is 6.92 Å². The second-order valence-corrected chi connectivity index (χ2v) is 6.79. The van der Waals surface area contributed by atoms with Crippen LogP contribution in [-0.4, -0.2) is 60.0 Å². The van der Waals surface area contributed by atoms with Crippen molar-refractivity contribution >= 4 is 22.8 Å². The Morgan fingerprint density at radius 2 is 1.93 bits per heavy atom. The highest BCUT2D eigenvalue weighted by Crippen LogP contribution is 2.20. The van der Waals surface area contributed by atoms with Crippen molar-refractivity contribution in [1.82, 2.24) is 20.2 Å². The van der Waals surface area contributed by atoms with E-state index in [0.717, 1.165) is 55.2 Å². The maximum absolute atomic E-state index is 12.3. The van der Waals surface area contributed by atoms with E-state index in [0.29, 0.717) is 12.3 Å². The van der Waals surface area contributed by atoms with Crippen LogP contribution in [0.15, 0.2) is 47.1 Å². The minimum Gasteiger partial charge on any atom is -0.451 e. The highest BCUT2D eigenvalue weighted by Gasteiger charge is 2.19. The van der Waals surface area contributed by atoms with E-state index in [2.05, 4.69) is 25.1 Å². The lowest BCUT2D eigenvalue weighted by Crippen LogP contribution is -2.49. The largest absolute Gasteiger partial charge is 0.451 e. The third kappa shape index (κ3) is 4.09. The molecule has 1 amide bonds. The Hall–Kier alpha value is -2.93. The number of aromatic nitrogens is 2. The maximum atomic E-state index is 12.3. The first kappa shape index (κ1) is 17.5. The fourth-order valence-electron chi connectivity index (χ4n) is 3.32. The first-order valence-electron chi connectivity index (χ1n) is 9.22. The summed E-state index contributed by atoms with van der Waals surface area (Å²) in [6, 6.07) is 9.53. The standard InChI is InChI=1S/C20H23N5O2/c1-15-3-4-17-16(13-15)14-18(27-17)19(26)21-7-8-24-9-11-25(12-10-24)20-22-5-2-6-23-20/h2-6,13-14H,7-12H2,1H3,(H,21,26). The summed E-state index contributed by atoms with van der Waals surface area (Å²) in [4.78, 5) is 25.4. The zero-order valence-electron chi connectivity index (χ0n) is 15.4. The number of carbonyl (C=O) groups is 1. The van der Waals surface area contributed by atoms with Gasteiger partial charge in [-0.15, -0.1) is 0 Å². The third-order valence-electron chi connectivity index (χ3n) is 4.82. The van der Waals surface area contributed by atoms with Crippen molar-refractivity contribution in [3.8, 4) is 0 Å². The number of anilines is 1. The van der Waals surface area contributed by atoms with Gasteiger partial charge in [-0.2, -0.15) is 0 Å². The van der Waals surface area contributed by atoms with Crippen molar-refractivity contribution in [3.63, 3.8) is 0 Å². The molecule has 2 aromatic heterocycles. The van der Waals surface area contributed by atoms with E-state index >= 15 is 0 Å². The van der Waals surface area contributed by atoms with E-state index in [1.54, 1.807) is 18.5 Å². The summed E-state index contributed by atoms with van der Waals surface area (Å²) < 4.78 is 5.64. The zero-order chi connectivity index (χ0) is 18.6. The molecular formula is C20H23N5O2. The Balaban J connectivity index is 1.24. The molecule has 0 spiro atoms. The lowest BCUT2D eigenvalue weighted by molar-refractivity contribution is 0.0922. The van der Waals surface area contributed by atoms with E-state index in [1.165, 1.54) is 0 Å². The molecule has 140 valence electrons. The number of furan rings is 1. The average Bonchev–Trinajstić information content (AvgIpc) is 3.12. The van der Waals surface area contributed by atoms with Crippen LogP contribution in [0.5, 0.6) is 0 Å². The normalized spacial score (nSPS) is 15.2. The fourth-order valence-corrected chi connectivity index (χ4v) is 3.32. The SMILES string of the molecule is Cc1ccc2oc(C(=O)NCCN3CCN(c4ncccn4)CC3)cc2c1. The van der Waals surface area contributed by atoms with Gasteiger partial charge < -0.3 is 14.6 Å². The van der Waals surface area contributed by atoms with Gasteiger partial charge in [-0.05, 0) is 31.2 Å². The number of aryl methyl sites for hydroxylation is 1. The number of amides is 1. The van der Waals surface area contributed by atoms with Crippen LogP contribution < -0.4 is 10.2 Å². The van der Waals surface area contributed by atoms with Crippen molar-refractivity contribution in [3.05, 3.63) is 54.0 Å². The van der Waals surface area contributed by atoms with Crippen LogP contribution in [0.4, 0.5) is 5.95 Å². The maximum Gasteiger partial charge on any atom is 0.287 e. The quantitative estimate of drug-likeness (QED) is 0.746. The molecule has 0 radical (unpaired) electrons. The van der Waals surface area contributed by atoms with Crippen LogP contribution in [0.25, 0.3) is 11.0 Å². The van der Waals surface area contributed by atoms with Crippen LogP contribution in [0.1, 0.15) is 16.1 Å². The molecule has 0 aliphatic carbocycles. The van der Waals surface area contributed by atoms with E-state index in [4.69, 9.17) is 4.42 Å². The van der Waals surface area contributed by atoms with E-state index in [9.17, 15) is 4.79 Å². The first-order valence-corrected chi connectivity index (χ1v) is 9.22. The smallest absolute Gasteiger partial charge is 0.287 e. The monoisotopic (exact) mass is 365 g/mol. The van der Waals surface area contributed by atoms with Gasteiger partial charge in [-0.3, -0.25) is 9.69 Å². The van der Waals surface area contributed by atoms with Gasteiger partial charge in [0.2, 0.25) is 5.95 Å². The minimum atomic E-state index is -0.167. The molecule has 1 aliphatic heterocycles. The predicted octanol–water partition coefficient (Wildman–Crippen LogP) is 2.08. The number of rotatable bonds is 5. The van der Waals surface area contributed by atoms with Gasteiger partial charge in [-0.25, -0.2) is 9.97 Å². The van der Waals surface area contributed by atoms with E-state index in [1.807, 2.05) is 31.2 Å². The molecule has 0 saturated carbocycles. The molecule has 0 bridgehead atoms. The molecule has 3 aromatic rings. The average molecular weight is 365 g/mol. The third-order valence-corrected chi connectivity index (χ3v) is 4.82. The molecule has 4 rings (SSSR count). The minimum absolute atomic E-state index is 0.167. The highest BCUT2D eigenvalue weighted by molar-refractivity contribution is 5.96. The number of fused-ring (bicyclic) bond motifs is 1. The summed E-state index contributed by atoms with van der Waals surface area (Å²) in [5.41, 5.74) is 1.89. The van der Waals surface area contributed by atoms with Gasteiger partial charge >= 0.3 is 0 Å². The van der Waals surface area contributed by atoms with Gasteiger partial charge in [0.05, 0.1) is 0 Å². The lowest BCUT2D eigenvalue weighted by Gasteiger charge is -2.34. The molecule has 1 fully saturated rings. The van der Waals surface area contributed by atoms with Crippen molar-refractivity contribution < 1.29 is 9.21 Å². The van der Waals surface area contributed by atoms with Gasteiger partial charge in [0.1, 0.15) is 5.58 Å². The molecule has 3 heterocycles. The molecule has 1 aliphatic rings. The molecule has 1 saturated heterocycles. The number of hydrogen-bond acceptors (Lipinski definition) is 6. The molecule has 1 aromatic carbocycles. The second-order valence-electron chi connectivity index (χ2n) is 6.79. The van der Waals surface area contributed by atoms with Crippen LogP contribution in [0, 0.1) is 6.92 Å². The van der Waals surface area contributed by atoms with E-state index in [-0.39, 0.29) is 5.91 Å². The molecule has 7 heteroatoms. The number of nitrogens with one attached hydrogen (secondary N) is 1. The molecule has 7 nitrogen and oxygen atoms in total. The summed E-state index contributed by atoms with van der Waals surface area (Å²) >= 11 is 0. The van der Waals surface area contributed by atoms with Crippen LogP contribution in [0.2, 0.25) is 0 Å². The number of carbonyl (C=O) groups excluding carboxylic acids is 1. The number of benzene rings is 1. The first-order chi connectivity index (χ1) is 13.2. The van der Waals surface area contributed by atoms with Gasteiger partial charge in [0, 0.05) is 57.0 Å². The summed E-state index contributed by atoms with van der Waals surface area (Å²) in [7, 11) is 0. The van der Waals surface area contributed by atoms with Crippen molar-refractivity contribution in [2.75, 3.05) is 44.2 Å². The fraction of sp³-hybridized carbons (Fsp3) is 0.350. The number of nitrogens with zero attached hydrogens (tertiary/aromatic N) is 4. The Bertz CT molecular complexity index is 917. The second kappa shape index (κ2) is 7.75. The van der Waals surface area contributed by atoms with E-state index < -0.39 is 0 Å². The Morgan fingerprint density at radius 1 is 1.15 bits per heavy atom. The molecule has 0 unspecified atom stereocenters. The van der Waals surface area contributed by atoms with Gasteiger partial charge in [0.25, 0.3) is 5.91 Å². The molecular weight excluding hydrogens is 342 g/mol. The zero-order valence-corrected chi connectivity index (χ0v) is 15.4. The summed E-state index contributed by atoms with van der Waals surface area (Å²) in [5.74, 6) is 0.979.